The Hall–Kier alpha value is -2.60. The number of carbonyl (C=O) groups is 2. The molecule has 162 valence electrons. The number of nitrogens with one attached hydrogen (secondary N) is 1. The van der Waals surface area contributed by atoms with Gasteiger partial charge in [-0.15, -0.1) is 0 Å². The highest BCUT2D eigenvalue weighted by Crippen LogP contribution is 2.21. The number of amides is 2. The van der Waals surface area contributed by atoms with Crippen molar-refractivity contribution in [1.29, 1.82) is 0 Å². The van der Waals surface area contributed by atoms with E-state index in [0.717, 1.165) is 17.5 Å². The minimum absolute atomic E-state index is 0.181. The highest BCUT2D eigenvalue weighted by molar-refractivity contribution is 6.31. The summed E-state index contributed by atoms with van der Waals surface area (Å²) >= 11 is 6.03. The molecule has 2 aromatic rings. The molecule has 0 aliphatic rings. The van der Waals surface area contributed by atoms with E-state index in [2.05, 4.69) is 5.32 Å². The molecule has 1 atom stereocenters. The molecule has 0 saturated carbocycles. The molecule has 7 heteroatoms. The summed E-state index contributed by atoms with van der Waals surface area (Å²) in [6.45, 7) is 6.16. The Balaban J connectivity index is 2.18. The van der Waals surface area contributed by atoms with Crippen molar-refractivity contribution in [2.45, 2.75) is 46.2 Å². The Morgan fingerprint density at radius 3 is 2.47 bits per heavy atom. The Morgan fingerprint density at radius 1 is 1.17 bits per heavy atom. The Morgan fingerprint density at radius 2 is 1.87 bits per heavy atom. The maximum absolute atomic E-state index is 13.3. The zero-order valence-electron chi connectivity index (χ0n) is 17.6. The molecule has 0 unspecified atom stereocenters. The van der Waals surface area contributed by atoms with E-state index in [0.29, 0.717) is 23.7 Å². The lowest BCUT2D eigenvalue weighted by Gasteiger charge is -2.30. The fraction of sp³-hybridized carbons (Fsp3) is 0.391. The number of rotatable bonds is 10. The first-order valence-corrected chi connectivity index (χ1v) is 10.4. The van der Waals surface area contributed by atoms with Crippen molar-refractivity contribution in [3.8, 4) is 5.75 Å². The monoisotopic (exact) mass is 434 g/mol. The molecule has 0 aliphatic heterocycles. The molecule has 5 nitrogen and oxygen atoms in total. The van der Waals surface area contributed by atoms with E-state index in [1.54, 1.807) is 30.3 Å². The normalized spacial score (nSPS) is 11.6. The van der Waals surface area contributed by atoms with Gasteiger partial charge in [0, 0.05) is 18.1 Å². The molecule has 0 aromatic heterocycles. The molecule has 0 aliphatic carbocycles. The van der Waals surface area contributed by atoms with E-state index in [-0.39, 0.29) is 30.8 Å². The molecule has 2 aromatic carbocycles. The van der Waals surface area contributed by atoms with E-state index in [9.17, 15) is 14.0 Å². The molecule has 0 heterocycles. The van der Waals surface area contributed by atoms with Crippen molar-refractivity contribution < 1.29 is 18.7 Å². The highest BCUT2D eigenvalue weighted by atomic mass is 35.5. The van der Waals surface area contributed by atoms with Crippen molar-refractivity contribution >= 4 is 23.4 Å². The van der Waals surface area contributed by atoms with E-state index in [1.165, 1.54) is 17.0 Å². The molecule has 0 spiro atoms. The second-order valence-corrected chi connectivity index (χ2v) is 7.47. The van der Waals surface area contributed by atoms with Crippen LogP contribution in [-0.4, -0.2) is 35.9 Å². The third-order valence-electron chi connectivity index (χ3n) is 4.69. The fourth-order valence-corrected chi connectivity index (χ4v) is 3.12. The summed E-state index contributed by atoms with van der Waals surface area (Å²) in [7, 11) is 0. The Bertz CT molecular complexity index is 858. The van der Waals surface area contributed by atoms with Gasteiger partial charge in [0.15, 0.2) is 6.61 Å². The first-order chi connectivity index (χ1) is 14.3. The van der Waals surface area contributed by atoms with Crippen molar-refractivity contribution in [3.63, 3.8) is 0 Å². The van der Waals surface area contributed by atoms with Crippen LogP contribution in [0.25, 0.3) is 0 Å². The number of nitrogens with zero attached hydrogens (tertiary/aromatic N) is 1. The quantitative estimate of drug-likeness (QED) is 0.599. The van der Waals surface area contributed by atoms with Crippen LogP contribution in [0.15, 0.2) is 42.5 Å². The van der Waals surface area contributed by atoms with Gasteiger partial charge in [0.25, 0.3) is 5.91 Å². The summed E-state index contributed by atoms with van der Waals surface area (Å²) in [5.74, 6) is -0.371. The zero-order chi connectivity index (χ0) is 22.1. The van der Waals surface area contributed by atoms with Gasteiger partial charge in [-0.2, -0.15) is 0 Å². The van der Waals surface area contributed by atoms with Gasteiger partial charge in [0.1, 0.15) is 17.6 Å². The van der Waals surface area contributed by atoms with E-state index in [4.69, 9.17) is 16.3 Å². The summed E-state index contributed by atoms with van der Waals surface area (Å²) in [6.07, 6.45) is 1.25. The van der Waals surface area contributed by atoms with E-state index in [1.807, 2.05) is 20.8 Å². The number of benzene rings is 2. The van der Waals surface area contributed by atoms with Crippen LogP contribution in [-0.2, 0) is 16.1 Å². The molecule has 1 N–H and O–H groups in total. The van der Waals surface area contributed by atoms with Gasteiger partial charge in [-0.3, -0.25) is 9.59 Å². The highest BCUT2D eigenvalue weighted by Gasteiger charge is 2.28. The molecular weight excluding hydrogens is 407 g/mol. The SMILES string of the molecule is CCCNC(=O)[C@@H](CC)N(Cc1ccc(F)cc1)C(=O)COc1ccc(Cl)c(C)c1. The summed E-state index contributed by atoms with van der Waals surface area (Å²) in [5.41, 5.74) is 1.57. The first kappa shape index (κ1) is 23.7. The number of hydrogen-bond donors (Lipinski definition) is 1. The predicted molar refractivity (Wildman–Crippen MR) is 116 cm³/mol. The lowest BCUT2D eigenvalue weighted by molar-refractivity contribution is -0.143. The van der Waals surface area contributed by atoms with Crippen LogP contribution >= 0.6 is 11.6 Å². The molecule has 0 saturated heterocycles. The molecule has 30 heavy (non-hydrogen) atoms. The summed E-state index contributed by atoms with van der Waals surface area (Å²) < 4.78 is 18.9. The topological polar surface area (TPSA) is 58.6 Å². The number of ether oxygens (including phenoxy) is 1. The van der Waals surface area contributed by atoms with Crippen molar-refractivity contribution in [3.05, 3.63) is 64.4 Å². The maximum atomic E-state index is 13.3. The third kappa shape index (κ3) is 6.73. The molecule has 2 rings (SSSR count). The summed E-state index contributed by atoms with van der Waals surface area (Å²) in [4.78, 5) is 27.2. The average molecular weight is 435 g/mol. The first-order valence-electron chi connectivity index (χ1n) is 10.1. The molecule has 0 radical (unpaired) electrons. The van der Waals surface area contributed by atoms with Gasteiger partial charge in [-0.1, -0.05) is 37.6 Å². The van der Waals surface area contributed by atoms with Crippen LogP contribution in [0.4, 0.5) is 4.39 Å². The third-order valence-corrected chi connectivity index (χ3v) is 5.12. The number of aryl methyl sites for hydroxylation is 1. The Labute approximate surface area is 182 Å². The maximum Gasteiger partial charge on any atom is 0.261 e. The van der Waals surface area contributed by atoms with Crippen LogP contribution < -0.4 is 10.1 Å². The van der Waals surface area contributed by atoms with Gasteiger partial charge < -0.3 is 15.0 Å². The molecule has 2 amide bonds. The van der Waals surface area contributed by atoms with Crippen LogP contribution in [0.5, 0.6) is 5.75 Å². The molecular formula is C23H28ClFN2O3. The minimum atomic E-state index is -0.648. The predicted octanol–water partition coefficient (Wildman–Crippen LogP) is 4.50. The van der Waals surface area contributed by atoms with Gasteiger partial charge >= 0.3 is 0 Å². The van der Waals surface area contributed by atoms with Crippen LogP contribution in [0, 0.1) is 12.7 Å². The number of carbonyl (C=O) groups excluding carboxylic acids is 2. The van der Waals surface area contributed by atoms with Crippen LogP contribution in [0.1, 0.15) is 37.8 Å². The van der Waals surface area contributed by atoms with Crippen LogP contribution in [0.2, 0.25) is 5.02 Å². The second kappa shape index (κ2) is 11.6. The van der Waals surface area contributed by atoms with Gasteiger partial charge in [-0.25, -0.2) is 4.39 Å². The summed E-state index contributed by atoms with van der Waals surface area (Å²) in [6, 6.07) is 10.4. The number of hydrogen-bond acceptors (Lipinski definition) is 3. The minimum Gasteiger partial charge on any atom is -0.484 e. The van der Waals surface area contributed by atoms with Gasteiger partial charge in [0.2, 0.25) is 5.91 Å². The summed E-state index contributed by atoms with van der Waals surface area (Å²) in [5, 5.41) is 3.47. The zero-order valence-corrected chi connectivity index (χ0v) is 18.3. The van der Waals surface area contributed by atoms with Gasteiger partial charge in [-0.05, 0) is 61.2 Å². The van der Waals surface area contributed by atoms with Gasteiger partial charge in [0.05, 0.1) is 0 Å². The van der Waals surface area contributed by atoms with Crippen molar-refractivity contribution in [2.24, 2.45) is 0 Å². The van der Waals surface area contributed by atoms with E-state index < -0.39 is 6.04 Å². The van der Waals surface area contributed by atoms with Crippen LogP contribution in [0.3, 0.4) is 0 Å². The average Bonchev–Trinajstić information content (AvgIpc) is 2.74. The van der Waals surface area contributed by atoms with Crippen molar-refractivity contribution in [2.75, 3.05) is 13.2 Å². The Kier molecular flexibility index (Phi) is 9.12. The lowest BCUT2D eigenvalue weighted by Crippen LogP contribution is -2.50. The van der Waals surface area contributed by atoms with E-state index >= 15 is 0 Å². The standard InChI is InChI=1S/C23H28ClFN2O3/c1-4-12-26-23(29)21(5-2)27(14-17-6-8-18(25)9-7-17)22(28)15-30-19-10-11-20(24)16(3)13-19/h6-11,13,21H,4-5,12,14-15H2,1-3H3,(H,26,29)/t21-/m1/s1. The molecule has 0 bridgehead atoms. The molecule has 0 fully saturated rings. The van der Waals surface area contributed by atoms with Crippen molar-refractivity contribution in [1.82, 2.24) is 10.2 Å². The second-order valence-electron chi connectivity index (χ2n) is 7.06. The largest absolute Gasteiger partial charge is 0.484 e. The fourth-order valence-electron chi connectivity index (χ4n) is 3.01. The smallest absolute Gasteiger partial charge is 0.261 e. The lowest BCUT2D eigenvalue weighted by atomic mass is 10.1. The number of halogens is 2.